The minimum Gasteiger partial charge on any atom is -0.372 e. The van der Waals surface area contributed by atoms with Crippen LogP contribution in [-0.2, 0) is 17.7 Å². The fourth-order valence-corrected chi connectivity index (χ4v) is 4.17. The van der Waals surface area contributed by atoms with Gasteiger partial charge in [-0.05, 0) is 49.4 Å². The standard InChI is InChI=1S/C22H30N4O2S/c1-16-14-26(15-17(2)28-16)21(27)19-8-6-18(7-9-19)13-25-22(23-3)24-11-10-20-5-4-12-29-20/h4-9,12,16-17H,10-11,13-15H2,1-3H3,(H2,23,24,25). The normalized spacial score (nSPS) is 19.8. The Balaban J connectivity index is 1.47. The molecule has 7 heteroatoms. The zero-order valence-corrected chi connectivity index (χ0v) is 18.2. The first-order valence-electron chi connectivity index (χ1n) is 10.1. The fraction of sp³-hybridized carbons (Fsp3) is 0.455. The summed E-state index contributed by atoms with van der Waals surface area (Å²) in [5, 5.41) is 8.75. The molecular weight excluding hydrogens is 384 g/mol. The van der Waals surface area contributed by atoms with Crippen LogP contribution in [0.3, 0.4) is 0 Å². The van der Waals surface area contributed by atoms with Crippen molar-refractivity contribution in [3.8, 4) is 0 Å². The van der Waals surface area contributed by atoms with Gasteiger partial charge in [0.1, 0.15) is 0 Å². The minimum atomic E-state index is 0.0672. The number of amides is 1. The molecule has 2 atom stereocenters. The van der Waals surface area contributed by atoms with Crippen LogP contribution in [0.15, 0.2) is 46.8 Å². The van der Waals surface area contributed by atoms with E-state index in [1.54, 1.807) is 18.4 Å². The fourth-order valence-electron chi connectivity index (χ4n) is 3.46. The lowest BCUT2D eigenvalue weighted by Gasteiger charge is -2.35. The summed E-state index contributed by atoms with van der Waals surface area (Å²) in [5.74, 6) is 0.843. The Labute approximate surface area is 177 Å². The molecule has 2 N–H and O–H groups in total. The predicted octanol–water partition coefficient (Wildman–Crippen LogP) is 2.91. The maximum Gasteiger partial charge on any atom is 0.254 e. The third kappa shape index (κ3) is 6.30. The number of morpholine rings is 1. The van der Waals surface area contributed by atoms with E-state index in [-0.39, 0.29) is 18.1 Å². The van der Waals surface area contributed by atoms with Gasteiger partial charge in [0.2, 0.25) is 0 Å². The largest absolute Gasteiger partial charge is 0.372 e. The molecule has 0 radical (unpaired) electrons. The molecule has 1 fully saturated rings. The lowest BCUT2D eigenvalue weighted by molar-refractivity contribution is -0.0586. The van der Waals surface area contributed by atoms with Crippen molar-refractivity contribution in [2.45, 2.75) is 39.0 Å². The average molecular weight is 415 g/mol. The molecule has 2 aromatic rings. The summed E-state index contributed by atoms with van der Waals surface area (Å²) in [6.07, 6.45) is 1.13. The summed E-state index contributed by atoms with van der Waals surface area (Å²) in [6.45, 7) is 6.78. The van der Waals surface area contributed by atoms with E-state index in [4.69, 9.17) is 4.74 Å². The van der Waals surface area contributed by atoms with Gasteiger partial charge in [-0.3, -0.25) is 9.79 Å². The lowest BCUT2D eigenvalue weighted by Crippen LogP contribution is -2.48. The lowest BCUT2D eigenvalue weighted by atomic mass is 10.1. The van der Waals surface area contributed by atoms with Crippen LogP contribution >= 0.6 is 11.3 Å². The number of guanidine groups is 1. The summed E-state index contributed by atoms with van der Waals surface area (Å²) in [6, 6.07) is 12.0. The van der Waals surface area contributed by atoms with Crippen LogP contribution in [0.4, 0.5) is 0 Å². The molecule has 2 unspecified atom stereocenters. The van der Waals surface area contributed by atoms with E-state index < -0.39 is 0 Å². The second kappa shape index (κ2) is 10.4. The van der Waals surface area contributed by atoms with Crippen LogP contribution in [0.25, 0.3) is 0 Å². The molecule has 1 amide bonds. The quantitative estimate of drug-likeness (QED) is 0.563. The number of ether oxygens (including phenoxy) is 1. The van der Waals surface area contributed by atoms with E-state index in [2.05, 4.69) is 33.1 Å². The summed E-state index contributed by atoms with van der Waals surface area (Å²) in [4.78, 5) is 20.3. The van der Waals surface area contributed by atoms with Crippen molar-refractivity contribution >= 4 is 23.2 Å². The molecule has 2 heterocycles. The molecule has 0 saturated carbocycles. The maximum absolute atomic E-state index is 12.8. The molecule has 3 rings (SSSR count). The number of nitrogens with zero attached hydrogens (tertiary/aromatic N) is 2. The van der Waals surface area contributed by atoms with Gasteiger partial charge in [0.15, 0.2) is 5.96 Å². The first kappa shape index (κ1) is 21.3. The van der Waals surface area contributed by atoms with Gasteiger partial charge in [0, 0.05) is 43.7 Å². The highest BCUT2D eigenvalue weighted by molar-refractivity contribution is 7.09. The van der Waals surface area contributed by atoms with E-state index in [0.717, 1.165) is 24.5 Å². The van der Waals surface area contributed by atoms with Crippen LogP contribution in [-0.4, -0.2) is 55.7 Å². The van der Waals surface area contributed by atoms with Crippen LogP contribution in [0.1, 0.15) is 34.6 Å². The van der Waals surface area contributed by atoms with Gasteiger partial charge in [-0.2, -0.15) is 0 Å². The number of carbonyl (C=O) groups excluding carboxylic acids is 1. The Hall–Kier alpha value is -2.38. The summed E-state index contributed by atoms with van der Waals surface area (Å²) in [5.41, 5.74) is 1.82. The van der Waals surface area contributed by atoms with Gasteiger partial charge >= 0.3 is 0 Å². The van der Waals surface area contributed by atoms with Crippen molar-refractivity contribution in [1.29, 1.82) is 0 Å². The first-order valence-corrected chi connectivity index (χ1v) is 10.9. The van der Waals surface area contributed by atoms with Gasteiger partial charge in [-0.25, -0.2) is 0 Å². The number of hydrogen-bond donors (Lipinski definition) is 2. The number of hydrogen-bond acceptors (Lipinski definition) is 4. The number of aliphatic imine (C=N–C) groups is 1. The molecular formula is C22H30N4O2S. The number of nitrogens with one attached hydrogen (secondary N) is 2. The van der Waals surface area contributed by atoms with E-state index in [1.807, 2.05) is 43.0 Å². The molecule has 1 aromatic carbocycles. The molecule has 0 bridgehead atoms. The van der Waals surface area contributed by atoms with Crippen LogP contribution in [0.2, 0.25) is 0 Å². The Bertz CT molecular complexity index is 795. The van der Waals surface area contributed by atoms with E-state index in [0.29, 0.717) is 25.2 Å². The highest BCUT2D eigenvalue weighted by Crippen LogP contribution is 2.15. The van der Waals surface area contributed by atoms with Gasteiger partial charge in [-0.1, -0.05) is 18.2 Å². The number of carbonyl (C=O) groups is 1. The van der Waals surface area contributed by atoms with Crippen molar-refractivity contribution in [2.24, 2.45) is 4.99 Å². The molecule has 29 heavy (non-hydrogen) atoms. The molecule has 0 aliphatic carbocycles. The summed E-state index contributed by atoms with van der Waals surface area (Å²) >= 11 is 1.77. The Morgan fingerprint density at radius 3 is 2.52 bits per heavy atom. The van der Waals surface area contributed by atoms with Crippen molar-refractivity contribution < 1.29 is 9.53 Å². The van der Waals surface area contributed by atoms with Crippen LogP contribution in [0.5, 0.6) is 0 Å². The van der Waals surface area contributed by atoms with Gasteiger partial charge < -0.3 is 20.3 Å². The zero-order chi connectivity index (χ0) is 20.6. The molecule has 6 nitrogen and oxygen atoms in total. The average Bonchev–Trinajstić information content (AvgIpc) is 3.23. The second-order valence-electron chi connectivity index (χ2n) is 7.35. The SMILES string of the molecule is CN=C(NCCc1cccs1)NCc1ccc(C(=O)N2CC(C)OC(C)C2)cc1. The molecule has 156 valence electrons. The van der Waals surface area contributed by atoms with Crippen molar-refractivity contribution in [3.63, 3.8) is 0 Å². The third-order valence-corrected chi connectivity index (χ3v) is 5.77. The highest BCUT2D eigenvalue weighted by atomic mass is 32.1. The van der Waals surface area contributed by atoms with E-state index in [9.17, 15) is 4.79 Å². The third-order valence-electron chi connectivity index (χ3n) is 4.84. The Kier molecular flexibility index (Phi) is 7.66. The van der Waals surface area contributed by atoms with E-state index in [1.165, 1.54) is 4.88 Å². The molecule has 1 saturated heterocycles. The topological polar surface area (TPSA) is 66.0 Å². The van der Waals surface area contributed by atoms with Crippen molar-refractivity contribution in [3.05, 3.63) is 57.8 Å². The zero-order valence-electron chi connectivity index (χ0n) is 17.4. The number of thiophene rings is 1. The minimum absolute atomic E-state index is 0.0672. The molecule has 1 aliphatic rings. The Morgan fingerprint density at radius 2 is 1.90 bits per heavy atom. The van der Waals surface area contributed by atoms with Crippen molar-refractivity contribution in [2.75, 3.05) is 26.7 Å². The van der Waals surface area contributed by atoms with Gasteiger partial charge in [0.05, 0.1) is 12.2 Å². The molecule has 1 aromatic heterocycles. The van der Waals surface area contributed by atoms with Gasteiger partial charge in [0.25, 0.3) is 5.91 Å². The smallest absolute Gasteiger partial charge is 0.254 e. The summed E-state index contributed by atoms with van der Waals surface area (Å²) < 4.78 is 5.72. The Morgan fingerprint density at radius 1 is 1.17 bits per heavy atom. The van der Waals surface area contributed by atoms with Gasteiger partial charge in [-0.15, -0.1) is 11.3 Å². The second-order valence-corrected chi connectivity index (χ2v) is 8.38. The molecule has 1 aliphatic heterocycles. The maximum atomic E-state index is 12.8. The number of rotatable bonds is 6. The number of benzene rings is 1. The molecule has 0 spiro atoms. The highest BCUT2D eigenvalue weighted by Gasteiger charge is 2.26. The van der Waals surface area contributed by atoms with Crippen LogP contribution < -0.4 is 10.6 Å². The summed E-state index contributed by atoms with van der Waals surface area (Å²) in [7, 11) is 1.77. The monoisotopic (exact) mass is 414 g/mol. The van der Waals surface area contributed by atoms with E-state index >= 15 is 0 Å². The predicted molar refractivity (Wildman–Crippen MR) is 119 cm³/mol. The van der Waals surface area contributed by atoms with Crippen LogP contribution in [0, 0.1) is 0 Å². The van der Waals surface area contributed by atoms with Crippen molar-refractivity contribution in [1.82, 2.24) is 15.5 Å². The first-order chi connectivity index (χ1) is 14.0.